The lowest BCUT2D eigenvalue weighted by atomic mass is 10.3. The van der Waals surface area contributed by atoms with E-state index in [0.29, 0.717) is 11.5 Å². The Bertz CT molecular complexity index is 611. The van der Waals surface area contributed by atoms with Crippen molar-refractivity contribution in [3.05, 3.63) is 38.3 Å². The van der Waals surface area contributed by atoms with Crippen LogP contribution in [0.15, 0.2) is 26.5 Å². The minimum atomic E-state index is -0.112. The summed E-state index contributed by atoms with van der Waals surface area (Å²) >= 11 is 4.96. The highest BCUT2D eigenvalue weighted by atomic mass is 79.9. The second kappa shape index (κ2) is 5.71. The Balaban J connectivity index is 2.14. The van der Waals surface area contributed by atoms with Gasteiger partial charge >= 0.3 is 0 Å². The predicted molar refractivity (Wildman–Crippen MR) is 80.4 cm³/mol. The molecule has 2 rings (SSSR count). The zero-order valence-electron chi connectivity index (χ0n) is 10.8. The molecule has 1 amide bonds. The monoisotopic (exact) mass is 340 g/mol. The largest absolute Gasteiger partial charge is 0.359 e. The number of nitrogens with zero attached hydrogens (tertiary/aromatic N) is 2. The van der Waals surface area contributed by atoms with Gasteiger partial charge in [-0.2, -0.15) is 0 Å². The number of likely N-dealkylation sites (N-methyl/N-ethyl adjacent to an activating group) is 1. The van der Waals surface area contributed by atoms with Crippen LogP contribution in [-0.4, -0.2) is 18.1 Å². The fourth-order valence-electron chi connectivity index (χ4n) is 1.75. The van der Waals surface area contributed by atoms with E-state index in [2.05, 4.69) is 21.1 Å². The summed E-state index contributed by atoms with van der Waals surface area (Å²) in [5.74, 6) is 0.527. The average Bonchev–Trinajstić information content (AvgIpc) is 2.92. The Morgan fingerprint density at radius 1 is 1.47 bits per heavy atom. The van der Waals surface area contributed by atoms with Gasteiger partial charge in [-0.05, 0) is 48.0 Å². The number of carbonyl (C=O) groups excluding carboxylic acids is 1. The Morgan fingerprint density at radius 2 is 2.21 bits per heavy atom. The summed E-state index contributed by atoms with van der Waals surface area (Å²) < 4.78 is 6.10. The molecule has 0 aliphatic rings. The first-order valence-electron chi connectivity index (χ1n) is 5.63. The van der Waals surface area contributed by atoms with Crippen LogP contribution in [0.25, 0.3) is 6.08 Å². The smallest absolute Gasteiger partial charge is 0.250 e. The van der Waals surface area contributed by atoms with Crippen molar-refractivity contribution in [2.24, 2.45) is 0 Å². The van der Waals surface area contributed by atoms with Gasteiger partial charge in [0, 0.05) is 18.0 Å². The first-order chi connectivity index (χ1) is 8.99. The van der Waals surface area contributed by atoms with Gasteiger partial charge in [-0.3, -0.25) is 4.79 Å². The van der Waals surface area contributed by atoms with Gasteiger partial charge in [-0.25, -0.2) is 0 Å². The number of aryl methyl sites for hydroxylation is 2. The number of aromatic nitrogens is 1. The quantitative estimate of drug-likeness (QED) is 0.798. The molecule has 0 radical (unpaired) electrons. The van der Waals surface area contributed by atoms with Crippen molar-refractivity contribution in [2.75, 3.05) is 11.9 Å². The molecule has 6 heteroatoms. The SMILES string of the molecule is Cc1noc(C)c1N(C)C(=O)/C=C/c1ccc(Br)s1. The van der Waals surface area contributed by atoms with Crippen molar-refractivity contribution in [1.82, 2.24) is 5.16 Å². The summed E-state index contributed by atoms with van der Waals surface area (Å²) in [5, 5.41) is 3.84. The number of amides is 1. The van der Waals surface area contributed by atoms with Crippen LogP contribution in [0.3, 0.4) is 0 Å². The highest BCUT2D eigenvalue weighted by Gasteiger charge is 2.17. The van der Waals surface area contributed by atoms with Crippen molar-refractivity contribution in [3.8, 4) is 0 Å². The summed E-state index contributed by atoms with van der Waals surface area (Å²) in [4.78, 5) is 14.7. The molecule has 0 saturated heterocycles. The van der Waals surface area contributed by atoms with E-state index in [1.54, 1.807) is 42.4 Å². The maximum atomic E-state index is 12.1. The summed E-state index contributed by atoms with van der Waals surface area (Å²) in [6.45, 7) is 3.61. The fourth-order valence-corrected chi connectivity index (χ4v) is 3.08. The standard InChI is InChI=1S/C13H13BrN2O2S/c1-8-13(9(2)18-15-8)16(3)12(17)7-5-10-4-6-11(14)19-10/h4-7H,1-3H3/b7-5+. The summed E-state index contributed by atoms with van der Waals surface area (Å²) in [6.07, 6.45) is 3.34. The molecule has 0 bridgehead atoms. The average molecular weight is 341 g/mol. The van der Waals surface area contributed by atoms with E-state index in [4.69, 9.17) is 4.52 Å². The molecule has 0 atom stereocenters. The van der Waals surface area contributed by atoms with Crippen LogP contribution in [0.5, 0.6) is 0 Å². The predicted octanol–water partition coefficient (Wildman–Crippen LogP) is 3.79. The van der Waals surface area contributed by atoms with Crippen LogP contribution in [0.2, 0.25) is 0 Å². The van der Waals surface area contributed by atoms with E-state index in [-0.39, 0.29) is 5.91 Å². The van der Waals surface area contributed by atoms with Gasteiger partial charge in [0.05, 0.1) is 3.79 Å². The lowest BCUT2D eigenvalue weighted by Gasteiger charge is -2.13. The molecule has 0 unspecified atom stereocenters. The molecule has 19 heavy (non-hydrogen) atoms. The molecule has 2 aromatic heterocycles. The molecule has 0 saturated carbocycles. The second-order valence-corrected chi connectivity index (χ2v) is 6.54. The highest BCUT2D eigenvalue weighted by molar-refractivity contribution is 9.11. The fraction of sp³-hybridized carbons (Fsp3) is 0.231. The third-order valence-electron chi connectivity index (χ3n) is 2.65. The topological polar surface area (TPSA) is 46.3 Å². The molecule has 0 fully saturated rings. The molecule has 0 aliphatic heterocycles. The molecule has 2 aromatic rings. The number of hydrogen-bond donors (Lipinski definition) is 0. The minimum absolute atomic E-state index is 0.112. The van der Waals surface area contributed by atoms with Crippen molar-refractivity contribution in [2.45, 2.75) is 13.8 Å². The summed E-state index contributed by atoms with van der Waals surface area (Å²) in [6, 6.07) is 3.90. The molecule has 0 N–H and O–H groups in total. The lowest BCUT2D eigenvalue weighted by molar-refractivity contribution is -0.113. The zero-order valence-corrected chi connectivity index (χ0v) is 13.2. The normalized spacial score (nSPS) is 11.2. The van der Waals surface area contributed by atoms with Gasteiger partial charge in [0.1, 0.15) is 11.4 Å². The molecule has 4 nitrogen and oxygen atoms in total. The van der Waals surface area contributed by atoms with E-state index < -0.39 is 0 Å². The van der Waals surface area contributed by atoms with Gasteiger partial charge in [0.25, 0.3) is 5.91 Å². The summed E-state index contributed by atoms with van der Waals surface area (Å²) in [5.41, 5.74) is 1.43. The molecular formula is C13H13BrN2O2S. The van der Waals surface area contributed by atoms with Crippen LogP contribution in [0.4, 0.5) is 5.69 Å². The number of anilines is 1. The zero-order chi connectivity index (χ0) is 14.0. The molecule has 0 aromatic carbocycles. The number of rotatable bonds is 3. The van der Waals surface area contributed by atoms with Crippen molar-refractivity contribution in [1.29, 1.82) is 0 Å². The van der Waals surface area contributed by atoms with Gasteiger partial charge in [-0.15, -0.1) is 11.3 Å². The van der Waals surface area contributed by atoms with Crippen LogP contribution in [0.1, 0.15) is 16.3 Å². The third-order valence-corrected chi connectivity index (χ3v) is 4.23. The van der Waals surface area contributed by atoms with E-state index in [9.17, 15) is 4.79 Å². The Kier molecular flexibility index (Phi) is 4.21. The minimum Gasteiger partial charge on any atom is -0.359 e. The van der Waals surface area contributed by atoms with E-state index in [1.807, 2.05) is 19.1 Å². The van der Waals surface area contributed by atoms with Crippen LogP contribution >= 0.6 is 27.3 Å². The van der Waals surface area contributed by atoms with E-state index >= 15 is 0 Å². The maximum Gasteiger partial charge on any atom is 0.250 e. The van der Waals surface area contributed by atoms with Crippen LogP contribution < -0.4 is 4.90 Å². The second-order valence-electron chi connectivity index (χ2n) is 4.05. The molecule has 100 valence electrons. The molecule has 2 heterocycles. The number of halogens is 1. The van der Waals surface area contributed by atoms with Crippen molar-refractivity contribution < 1.29 is 9.32 Å². The van der Waals surface area contributed by atoms with Crippen LogP contribution in [0, 0.1) is 13.8 Å². The van der Waals surface area contributed by atoms with Gasteiger partial charge in [0.15, 0.2) is 5.76 Å². The Labute approximate surface area is 123 Å². The number of carbonyl (C=O) groups is 1. The van der Waals surface area contributed by atoms with Gasteiger partial charge in [-0.1, -0.05) is 5.16 Å². The van der Waals surface area contributed by atoms with Gasteiger partial charge in [0.2, 0.25) is 0 Å². The number of thiophene rings is 1. The molecule has 0 aliphatic carbocycles. The lowest BCUT2D eigenvalue weighted by Crippen LogP contribution is -2.24. The van der Waals surface area contributed by atoms with Crippen LogP contribution in [-0.2, 0) is 4.79 Å². The summed E-state index contributed by atoms with van der Waals surface area (Å²) in [7, 11) is 1.71. The Morgan fingerprint density at radius 3 is 2.74 bits per heavy atom. The Hall–Kier alpha value is -1.40. The highest BCUT2D eigenvalue weighted by Crippen LogP contribution is 2.25. The third kappa shape index (κ3) is 3.13. The van der Waals surface area contributed by atoms with E-state index in [1.165, 1.54) is 0 Å². The van der Waals surface area contributed by atoms with Crippen molar-refractivity contribution >= 4 is 44.9 Å². The van der Waals surface area contributed by atoms with Crippen molar-refractivity contribution in [3.63, 3.8) is 0 Å². The van der Waals surface area contributed by atoms with Gasteiger partial charge < -0.3 is 9.42 Å². The maximum absolute atomic E-state index is 12.1. The number of hydrogen-bond acceptors (Lipinski definition) is 4. The first kappa shape index (κ1) is 14.0. The molecule has 0 spiro atoms. The molecular weight excluding hydrogens is 328 g/mol. The van der Waals surface area contributed by atoms with E-state index in [0.717, 1.165) is 14.4 Å². The first-order valence-corrected chi connectivity index (χ1v) is 7.24.